The molecule has 0 heterocycles. The van der Waals surface area contributed by atoms with Gasteiger partial charge in [-0.1, -0.05) is 6.08 Å². The van der Waals surface area contributed by atoms with Crippen LogP contribution < -0.4 is 5.73 Å². The van der Waals surface area contributed by atoms with Crippen molar-refractivity contribution in [3.05, 3.63) is 11.6 Å². The first-order chi connectivity index (χ1) is 5.52. The predicted octanol–water partition coefficient (Wildman–Crippen LogP) is 1.59. The molecule has 12 heavy (non-hydrogen) atoms. The van der Waals surface area contributed by atoms with Gasteiger partial charge >= 0.3 is 0 Å². The second-order valence-corrected chi connectivity index (χ2v) is 4.25. The van der Waals surface area contributed by atoms with E-state index in [1.54, 1.807) is 0 Å². The van der Waals surface area contributed by atoms with Gasteiger partial charge in [0.05, 0.1) is 6.10 Å². The molecule has 1 unspecified atom stereocenters. The summed E-state index contributed by atoms with van der Waals surface area (Å²) in [7, 11) is 0. The molecule has 2 heteroatoms. The minimum atomic E-state index is -0.497. The summed E-state index contributed by atoms with van der Waals surface area (Å²) >= 11 is 0. The van der Waals surface area contributed by atoms with Crippen molar-refractivity contribution in [3.8, 4) is 0 Å². The Balaban J connectivity index is 2.62. The zero-order chi connectivity index (χ0) is 9.19. The van der Waals surface area contributed by atoms with Crippen LogP contribution in [-0.4, -0.2) is 16.7 Å². The molecule has 1 rings (SSSR count). The molecule has 0 aromatic heterocycles. The molecule has 3 N–H and O–H groups in total. The highest BCUT2D eigenvalue weighted by atomic mass is 16.3. The summed E-state index contributed by atoms with van der Waals surface area (Å²) in [6.07, 6.45) is 6.24. The smallest absolute Gasteiger partial charge is 0.0924 e. The van der Waals surface area contributed by atoms with E-state index < -0.39 is 11.6 Å². The Morgan fingerprint density at radius 1 is 1.50 bits per heavy atom. The van der Waals surface area contributed by atoms with Crippen LogP contribution in [0.15, 0.2) is 11.6 Å². The first kappa shape index (κ1) is 9.75. The van der Waals surface area contributed by atoms with Crippen LogP contribution in [0.1, 0.15) is 39.5 Å². The van der Waals surface area contributed by atoms with E-state index in [1.807, 2.05) is 13.8 Å². The lowest BCUT2D eigenvalue weighted by Crippen LogP contribution is -2.46. The fourth-order valence-electron chi connectivity index (χ4n) is 1.59. The number of allylic oxidation sites excluding steroid dienone is 1. The normalized spacial score (nSPS) is 21.8. The Hall–Kier alpha value is -0.340. The average Bonchev–Trinajstić information content (AvgIpc) is 2.03. The van der Waals surface area contributed by atoms with Crippen LogP contribution in [0.4, 0.5) is 0 Å². The van der Waals surface area contributed by atoms with Gasteiger partial charge in [-0.15, -0.1) is 0 Å². The summed E-state index contributed by atoms with van der Waals surface area (Å²) in [6.45, 7) is 3.74. The minimum Gasteiger partial charge on any atom is -0.387 e. The Kier molecular flexibility index (Phi) is 2.91. The Morgan fingerprint density at radius 3 is 2.58 bits per heavy atom. The molecule has 0 aliphatic heterocycles. The third kappa shape index (κ3) is 2.32. The van der Waals surface area contributed by atoms with E-state index in [0.29, 0.717) is 0 Å². The van der Waals surface area contributed by atoms with Gasteiger partial charge in [0.2, 0.25) is 0 Å². The summed E-state index contributed by atoms with van der Waals surface area (Å²) in [5.41, 5.74) is 6.46. The van der Waals surface area contributed by atoms with Gasteiger partial charge in [-0.05, 0) is 45.1 Å². The number of hydrogen-bond acceptors (Lipinski definition) is 2. The first-order valence-electron chi connectivity index (χ1n) is 4.67. The van der Waals surface area contributed by atoms with E-state index in [0.717, 1.165) is 18.4 Å². The molecule has 0 bridgehead atoms. The van der Waals surface area contributed by atoms with Crippen molar-refractivity contribution in [2.45, 2.75) is 51.2 Å². The van der Waals surface area contributed by atoms with Gasteiger partial charge in [0, 0.05) is 5.54 Å². The van der Waals surface area contributed by atoms with E-state index in [-0.39, 0.29) is 0 Å². The lowest BCUT2D eigenvalue weighted by Gasteiger charge is -2.29. The molecular weight excluding hydrogens is 150 g/mol. The number of rotatable bonds is 2. The van der Waals surface area contributed by atoms with Gasteiger partial charge in [0.1, 0.15) is 0 Å². The minimum absolute atomic E-state index is 0.460. The summed E-state index contributed by atoms with van der Waals surface area (Å²) in [4.78, 5) is 0. The lowest BCUT2D eigenvalue weighted by atomic mass is 9.86. The molecule has 0 amide bonds. The summed E-state index contributed by atoms with van der Waals surface area (Å²) < 4.78 is 0. The zero-order valence-electron chi connectivity index (χ0n) is 8.01. The molecule has 2 nitrogen and oxygen atoms in total. The maximum Gasteiger partial charge on any atom is 0.0924 e. The van der Waals surface area contributed by atoms with Gasteiger partial charge in [-0.2, -0.15) is 0 Å². The summed E-state index contributed by atoms with van der Waals surface area (Å²) in [5.74, 6) is 0. The van der Waals surface area contributed by atoms with Crippen LogP contribution in [0.5, 0.6) is 0 Å². The summed E-state index contributed by atoms with van der Waals surface area (Å²) in [6, 6.07) is 0. The molecule has 1 aliphatic rings. The summed E-state index contributed by atoms with van der Waals surface area (Å²) in [5, 5.41) is 9.82. The molecule has 0 saturated carbocycles. The van der Waals surface area contributed by atoms with Gasteiger partial charge < -0.3 is 10.8 Å². The number of hydrogen-bond donors (Lipinski definition) is 2. The van der Waals surface area contributed by atoms with Crippen LogP contribution in [0.3, 0.4) is 0 Å². The SMILES string of the molecule is CC(C)(N)C(O)C1=CCCCC1. The van der Waals surface area contributed by atoms with E-state index in [1.165, 1.54) is 12.8 Å². The molecule has 0 radical (unpaired) electrons. The molecule has 0 saturated heterocycles. The van der Waals surface area contributed by atoms with Crippen molar-refractivity contribution >= 4 is 0 Å². The highest BCUT2D eigenvalue weighted by Crippen LogP contribution is 2.24. The highest BCUT2D eigenvalue weighted by molar-refractivity contribution is 5.15. The predicted molar refractivity (Wildman–Crippen MR) is 50.8 cm³/mol. The van der Waals surface area contributed by atoms with E-state index >= 15 is 0 Å². The number of nitrogens with two attached hydrogens (primary N) is 1. The molecule has 70 valence electrons. The van der Waals surface area contributed by atoms with Crippen molar-refractivity contribution in [3.63, 3.8) is 0 Å². The van der Waals surface area contributed by atoms with Crippen LogP contribution >= 0.6 is 0 Å². The van der Waals surface area contributed by atoms with Crippen LogP contribution in [0.25, 0.3) is 0 Å². The Labute approximate surface area is 74.5 Å². The largest absolute Gasteiger partial charge is 0.387 e. The standard InChI is InChI=1S/C10H19NO/c1-10(2,11)9(12)8-6-4-3-5-7-8/h6,9,12H,3-5,7,11H2,1-2H3. The van der Waals surface area contributed by atoms with Crippen molar-refractivity contribution in [2.75, 3.05) is 0 Å². The average molecular weight is 169 g/mol. The lowest BCUT2D eigenvalue weighted by molar-refractivity contribution is 0.132. The fourth-order valence-corrected chi connectivity index (χ4v) is 1.59. The van der Waals surface area contributed by atoms with E-state index in [9.17, 15) is 5.11 Å². The monoisotopic (exact) mass is 169 g/mol. The van der Waals surface area contributed by atoms with Gasteiger partial charge in [-0.3, -0.25) is 0 Å². The zero-order valence-corrected chi connectivity index (χ0v) is 8.01. The molecule has 0 aromatic carbocycles. The molecule has 1 atom stereocenters. The maximum absolute atomic E-state index is 9.82. The number of aliphatic hydroxyl groups is 1. The molecule has 0 fully saturated rings. The first-order valence-corrected chi connectivity index (χ1v) is 4.67. The molecule has 0 aromatic rings. The van der Waals surface area contributed by atoms with Crippen LogP contribution in [-0.2, 0) is 0 Å². The third-order valence-electron chi connectivity index (χ3n) is 2.38. The van der Waals surface area contributed by atoms with E-state index in [4.69, 9.17) is 5.73 Å². The highest BCUT2D eigenvalue weighted by Gasteiger charge is 2.26. The number of aliphatic hydroxyl groups excluding tert-OH is 1. The maximum atomic E-state index is 9.82. The Morgan fingerprint density at radius 2 is 2.17 bits per heavy atom. The second kappa shape index (κ2) is 3.58. The van der Waals surface area contributed by atoms with Crippen molar-refractivity contribution in [1.82, 2.24) is 0 Å². The van der Waals surface area contributed by atoms with E-state index in [2.05, 4.69) is 6.08 Å². The van der Waals surface area contributed by atoms with Crippen molar-refractivity contribution in [2.24, 2.45) is 5.73 Å². The molecular formula is C10H19NO. The second-order valence-electron chi connectivity index (χ2n) is 4.25. The molecule has 0 spiro atoms. The Bertz CT molecular complexity index is 179. The van der Waals surface area contributed by atoms with Crippen molar-refractivity contribution < 1.29 is 5.11 Å². The van der Waals surface area contributed by atoms with Gasteiger partial charge in [0.15, 0.2) is 0 Å². The quantitative estimate of drug-likeness (QED) is 0.616. The topological polar surface area (TPSA) is 46.2 Å². The van der Waals surface area contributed by atoms with Gasteiger partial charge in [0.25, 0.3) is 0 Å². The molecule has 1 aliphatic carbocycles. The van der Waals surface area contributed by atoms with Crippen molar-refractivity contribution in [1.29, 1.82) is 0 Å². The third-order valence-corrected chi connectivity index (χ3v) is 2.38. The van der Waals surface area contributed by atoms with Crippen LogP contribution in [0.2, 0.25) is 0 Å². The van der Waals surface area contributed by atoms with Gasteiger partial charge in [-0.25, -0.2) is 0 Å². The van der Waals surface area contributed by atoms with Crippen LogP contribution in [0, 0.1) is 0 Å². The fraction of sp³-hybridized carbons (Fsp3) is 0.800.